The topological polar surface area (TPSA) is 17.1 Å². The highest BCUT2D eigenvalue weighted by atomic mass is 16.1. The van der Waals surface area contributed by atoms with E-state index in [0.29, 0.717) is 0 Å². The van der Waals surface area contributed by atoms with Crippen LogP contribution in [0.4, 0.5) is 0 Å². The quantitative estimate of drug-likeness (QED) is 0.690. The van der Waals surface area contributed by atoms with Gasteiger partial charge in [0.25, 0.3) is 0 Å². The number of hydrogen-bond donors (Lipinski definition) is 0. The highest BCUT2D eigenvalue weighted by Gasteiger charge is 2.10. The van der Waals surface area contributed by atoms with Crippen LogP contribution in [0.1, 0.15) is 55.1 Å². The van der Waals surface area contributed by atoms with E-state index in [1.807, 2.05) is 6.07 Å². The average molecular weight is 254 g/mol. The molecule has 1 nitrogen and oxygen atoms in total. The summed E-state index contributed by atoms with van der Waals surface area (Å²) in [5.41, 5.74) is 3.49. The molecule has 2 aromatic rings. The Morgan fingerprint density at radius 1 is 1.00 bits per heavy atom. The van der Waals surface area contributed by atoms with E-state index in [0.717, 1.165) is 24.8 Å². The van der Waals surface area contributed by atoms with Crippen LogP contribution in [-0.2, 0) is 12.8 Å². The number of benzene rings is 2. The Hall–Kier alpha value is -1.63. The minimum Gasteiger partial charge on any atom is -0.295 e. The van der Waals surface area contributed by atoms with Crippen molar-refractivity contribution < 1.29 is 4.79 Å². The molecule has 0 saturated carbocycles. The van der Waals surface area contributed by atoms with Crippen molar-refractivity contribution in [2.75, 3.05) is 0 Å². The number of fused-ring (bicyclic) bond motifs is 1. The molecule has 2 aromatic carbocycles. The molecule has 0 aliphatic carbocycles. The van der Waals surface area contributed by atoms with Gasteiger partial charge >= 0.3 is 0 Å². The Bertz CT molecular complexity index is 596. The summed E-state index contributed by atoms with van der Waals surface area (Å²) in [6.07, 6.45) is 4.32. The second kappa shape index (κ2) is 6.01. The molecule has 0 N–H and O–H groups in total. The Morgan fingerprint density at radius 2 is 1.74 bits per heavy atom. The number of ketones is 1. The Kier molecular flexibility index (Phi) is 4.36. The van der Waals surface area contributed by atoms with E-state index in [2.05, 4.69) is 38.1 Å². The van der Waals surface area contributed by atoms with E-state index in [1.54, 1.807) is 6.92 Å². The molecular formula is C18H22O. The predicted octanol–water partition coefficient (Wildman–Crippen LogP) is 4.95. The van der Waals surface area contributed by atoms with Gasteiger partial charge < -0.3 is 0 Å². The van der Waals surface area contributed by atoms with Gasteiger partial charge in [-0.25, -0.2) is 0 Å². The second-order valence-corrected chi connectivity index (χ2v) is 5.20. The van der Waals surface area contributed by atoms with Crippen LogP contribution in [0.15, 0.2) is 30.3 Å². The van der Waals surface area contributed by atoms with Gasteiger partial charge in [-0.05, 0) is 41.7 Å². The number of aryl methyl sites for hydroxylation is 2. The lowest BCUT2D eigenvalue weighted by molar-refractivity contribution is 0.101. The molecule has 0 unspecified atom stereocenters. The van der Waals surface area contributed by atoms with Crippen LogP contribution in [0.5, 0.6) is 0 Å². The highest BCUT2D eigenvalue weighted by Crippen LogP contribution is 2.26. The summed E-state index contributed by atoms with van der Waals surface area (Å²) >= 11 is 0. The van der Waals surface area contributed by atoms with Crippen LogP contribution in [0.2, 0.25) is 0 Å². The third-order valence-corrected chi connectivity index (χ3v) is 3.61. The van der Waals surface area contributed by atoms with E-state index < -0.39 is 0 Å². The number of carbonyl (C=O) groups excluding carboxylic acids is 1. The van der Waals surface area contributed by atoms with Gasteiger partial charge in [-0.15, -0.1) is 0 Å². The van der Waals surface area contributed by atoms with Gasteiger partial charge in [-0.3, -0.25) is 4.79 Å². The summed E-state index contributed by atoms with van der Waals surface area (Å²) < 4.78 is 0. The van der Waals surface area contributed by atoms with Crippen LogP contribution >= 0.6 is 0 Å². The van der Waals surface area contributed by atoms with Gasteiger partial charge in [0, 0.05) is 5.56 Å². The number of rotatable bonds is 5. The second-order valence-electron chi connectivity index (χ2n) is 5.20. The largest absolute Gasteiger partial charge is 0.295 e. The SMILES string of the molecule is CCCc1ccc2c(CCC)c(C(C)=O)ccc2c1. The first kappa shape index (κ1) is 13.8. The fourth-order valence-corrected chi connectivity index (χ4v) is 2.74. The van der Waals surface area contributed by atoms with Crippen LogP contribution in [0, 0.1) is 0 Å². The Labute approximate surface area is 115 Å². The lowest BCUT2D eigenvalue weighted by Gasteiger charge is -2.11. The maximum absolute atomic E-state index is 11.8. The zero-order chi connectivity index (χ0) is 13.8. The molecule has 0 bridgehead atoms. The van der Waals surface area contributed by atoms with E-state index in [-0.39, 0.29) is 5.78 Å². The summed E-state index contributed by atoms with van der Waals surface area (Å²) in [7, 11) is 0. The molecular weight excluding hydrogens is 232 g/mol. The van der Waals surface area contributed by atoms with Crippen molar-refractivity contribution in [3.05, 3.63) is 47.0 Å². The summed E-state index contributed by atoms with van der Waals surface area (Å²) in [5.74, 6) is 0.169. The van der Waals surface area contributed by atoms with Gasteiger partial charge in [-0.1, -0.05) is 57.0 Å². The van der Waals surface area contributed by atoms with Crippen molar-refractivity contribution in [3.63, 3.8) is 0 Å². The summed E-state index contributed by atoms with van der Waals surface area (Å²) in [4.78, 5) is 11.8. The van der Waals surface area contributed by atoms with Crippen molar-refractivity contribution in [3.8, 4) is 0 Å². The fourth-order valence-electron chi connectivity index (χ4n) is 2.74. The van der Waals surface area contributed by atoms with Gasteiger partial charge in [-0.2, -0.15) is 0 Å². The van der Waals surface area contributed by atoms with Crippen LogP contribution in [0.3, 0.4) is 0 Å². The van der Waals surface area contributed by atoms with Gasteiger partial charge in [0.05, 0.1) is 0 Å². The minimum atomic E-state index is 0.169. The fraction of sp³-hybridized carbons (Fsp3) is 0.389. The maximum atomic E-state index is 11.8. The van der Waals surface area contributed by atoms with Crippen LogP contribution < -0.4 is 0 Å². The third-order valence-electron chi connectivity index (χ3n) is 3.61. The molecule has 0 fully saturated rings. The van der Waals surface area contributed by atoms with Gasteiger partial charge in [0.15, 0.2) is 5.78 Å². The summed E-state index contributed by atoms with van der Waals surface area (Å²) in [6, 6.07) is 10.7. The standard InChI is InChI=1S/C18H22O/c1-4-6-14-8-10-17-15(12-14)9-11-16(13(3)19)18(17)7-5-2/h8-12H,4-7H2,1-3H3. The lowest BCUT2D eigenvalue weighted by atomic mass is 9.92. The summed E-state index contributed by atoms with van der Waals surface area (Å²) in [5, 5.41) is 2.51. The first-order valence-corrected chi connectivity index (χ1v) is 7.22. The molecule has 100 valence electrons. The number of carbonyl (C=O) groups is 1. The molecule has 1 heteroatoms. The molecule has 0 saturated heterocycles. The molecule has 0 spiro atoms. The smallest absolute Gasteiger partial charge is 0.160 e. The predicted molar refractivity (Wildman–Crippen MR) is 81.9 cm³/mol. The van der Waals surface area contributed by atoms with Crippen molar-refractivity contribution in [2.45, 2.75) is 46.5 Å². The molecule has 0 aromatic heterocycles. The minimum absolute atomic E-state index is 0.169. The molecule has 0 heterocycles. The molecule has 0 radical (unpaired) electrons. The van der Waals surface area contributed by atoms with Crippen LogP contribution in [0.25, 0.3) is 10.8 Å². The highest BCUT2D eigenvalue weighted by molar-refractivity contribution is 6.01. The molecule has 2 rings (SSSR count). The normalized spacial score (nSPS) is 10.9. The molecule has 0 aliphatic rings. The van der Waals surface area contributed by atoms with Gasteiger partial charge in [0.2, 0.25) is 0 Å². The maximum Gasteiger partial charge on any atom is 0.160 e. The zero-order valence-electron chi connectivity index (χ0n) is 12.1. The number of Topliss-reactive ketones (excluding diaryl/α,β-unsaturated/α-hetero) is 1. The molecule has 0 atom stereocenters. The molecule has 19 heavy (non-hydrogen) atoms. The van der Waals surface area contributed by atoms with E-state index in [4.69, 9.17) is 0 Å². The third kappa shape index (κ3) is 2.86. The average Bonchev–Trinajstić information content (AvgIpc) is 2.39. The lowest BCUT2D eigenvalue weighted by Crippen LogP contribution is -2.01. The van der Waals surface area contributed by atoms with Crippen molar-refractivity contribution >= 4 is 16.6 Å². The molecule has 0 aliphatic heterocycles. The van der Waals surface area contributed by atoms with Crippen molar-refractivity contribution in [2.24, 2.45) is 0 Å². The van der Waals surface area contributed by atoms with Crippen LogP contribution in [-0.4, -0.2) is 5.78 Å². The van der Waals surface area contributed by atoms with Crippen molar-refractivity contribution in [1.82, 2.24) is 0 Å². The molecule has 0 amide bonds. The number of hydrogen-bond acceptors (Lipinski definition) is 1. The Morgan fingerprint density at radius 3 is 2.37 bits per heavy atom. The Balaban J connectivity index is 2.61. The van der Waals surface area contributed by atoms with E-state index in [1.165, 1.54) is 28.3 Å². The van der Waals surface area contributed by atoms with E-state index in [9.17, 15) is 4.79 Å². The van der Waals surface area contributed by atoms with Crippen molar-refractivity contribution in [1.29, 1.82) is 0 Å². The van der Waals surface area contributed by atoms with E-state index >= 15 is 0 Å². The monoisotopic (exact) mass is 254 g/mol. The zero-order valence-corrected chi connectivity index (χ0v) is 12.1. The first-order valence-electron chi connectivity index (χ1n) is 7.22. The summed E-state index contributed by atoms with van der Waals surface area (Å²) in [6.45, 7) is 6.02. The van der Waals surface area contributed by atoms with Gasteiger partial charge in [0.1, 0.15) is 0 Å². The first-order chi connectivity index (χ1) is 9.17.